The number of H-pyrrole nitrogens is 1. The molecule has 4 rings (SSSR count). The standard InChI is InChI=1S/C27H39BN4O6.C2H6O/c1-17(2)22(30-16-33)24(34)32-15-27(35-7,36-8)13-21(32)23-29-14-20(31-23)18-9-11-19(12-10-18)28-37-25(3,4)26(5,6)38-28;1-3-2/h9-12,14,16-17,21-22H,13,15H2,1-8H3,(H,29,31)(H,30,33);1-2H3. The van der Waals surface area contributed by atoms with Crippen LogP contribution in [0, 0.1) is 5.92 Å². The molecule has 0 aliphatic carbocycles. The third kappa shape index (κ3) is 6.84. The van der Waals surface area contributed by atoms with Gasteiger partial charge in [-0.25, -0.2) is 4.98 Å². The molecule has 2 N–H and O–H groups in total. The highest BCUT2D eigenvalue weighted by atomic mass is 16.7. The first-order chi connectivity index (χ1) is 19.3. The van der Waals surface area contributed by atoms with Crippen molar-refractivity contribution in [1.29, 1.82) is 0 Å². The van der Waals surface area contributed by atoms with Crippen LogP contribution in [-0.2, 0) is 33.1 Å². The minimum Gasteiger partial charge on any atom is -0.399 e. The third-order valence-corrected chi connectivity index (χ3v) is 8.16. The fourth-order valence-corrected chi connectivity index (χ4v) is 4.95. The number of ether oxygens (including phenoxy) is 3. The molecular weight excluding hydrogens is 527 g/mol. The van der Waals surface area contributed by atoms with Gasteiger partial charge < -0.3 is 38.7 Å². The molecule has 2 unspecified atom stereocenters. The molecular formula is C29H45BN4O7. The molecule has 2 saturated heterocycles. The lowest BCUT2D eigenvalue weighted by molar-refractivity contribution is -0.197. The number of rotatable bonds is 9. The fourth-order valence-electron chi connectivity index (χ4n) is 4.95. The molecule has 226 valence electrons. The summed E-state index contributed by atoms with van der Waals surface area (Å²) >= 11 is 0. The van der Waals surface area contributed by atoms with Crippen molar-refractivity contribution in [3.05, 3.63) is 36.3 Å². The van der Waals surface area contributed by atoms with Gasteiger partial charge in [-0.1, -0.05) is 38.1 Å². The second-order valence-corrected chi connectivity index (χ2v) is 11.8. The van der Waals surface area contributed by atoms with Gasteiger partial charge >= 0.3 is 7.12 Å². The van der Waals surface area contributed by atoms with Crippen molar-refractivity contribution < 1.29 is 33.1 Å². The van der Waals surface area contributed by atoms with Crippen molar-refractivity contribution in [2.45, 2.75) is 77.0 Å². The van der Waals surface area contributed by atoms with Gasteiger partial charge in [-0.15, -0.1) is 0 Å². The molecule has 2 fully saturated rings. The molecule has 1 aromatic carbocycles. The van der Waals surface area contributed by atoms with Crippen LogP contribution in [0.2, 0.25) is 0 Å². The van der Waals surface area contributed by atoms with Crippen molar-refractivity contribution >= 4 is 24.9 Å². The third-order valence-electron chi connectivity index (χ3n) is 8.16. The summed E-state index contributed by atoms with van der Waals surface area (Å²) in [4.78, 5) is 34.4. The first kappa shape index (κ1) is 32.7. The molecule has 2 atom stereocenters. The summed E-state index contributed by atoms with van der Waals surface area (Å²) in [5.74, 6) is -0.658. The van der Waals surface area contributed by atoms with E-state index < -0.39 is 36.2 Å². The van der Waals surface area contributed by atoms with Gasteiger partial charge in [-0.3, -0.25) is 9.59 Å². The van der Waals surface area contributed by atoms with Crippen molar-refractivity contribution in [1.82, 2.24) is 20.2 Å². The van der Waals surface area contributed by atoms with E-state index >= 15 is 0 Å². The van der Waals surface area contributed by atoms with E-state index in [0.717, 1.165) is 16.7 Å². The number of benzene rings is 1. The summed E-state index contributed by atoms with van der Waals surface area (Å²) in [5.41, 5.74) is 1.87. The van der Waals surface area contributed by atoms with Crippen molar-refractivity contribution in [3.63, 3.8) is 0 Å². The number of aromatic nitrogens is 2. The summed E-state index contributed by atoms with van der Waals surface area (Å²) in [7, 11) is 5.94. The normalized spacial score (nSPS) is 21.4. The predicted molar refractivity (Wildman–Crippen MR) is 156 cm³/mol. The van der Waals surface area contributed by atoms with E-state index in [9.17, 15) is 9.59 Å². The number of amides is 2. The first-order valence-corrected chi connectivity index (χ1v) is 13.8. The molecule has 0 spiro atoms. The van der Waals surface area contributed by atoms with Crippen LogP contribution < -0.4 is 10.8 Å². The molecule has 2 amide bonds. The lowest BCUT2D eigenvalue weighted by Gasteiger charge is -2.32. The van der Waals surface area contributed by atoms with Crippen LogP contribution in [0.3, 0.4) is 0 Å². The van der Waals surface area contributed by atoms with Gasteiger partial charge in [0.15, 0.2) is 5.79 Å². The maximum absolute atomic E-state index is 13.5. The van der Waals surface area contributed by atoms with Crippen molar-refractivity contribution in [2.75, 3.05) is 35.0 Å². The molecule has 2 aromatic rings. The second kappa shape index (κ2) is 13.0. The van der Waals surface area contributed by atoms with Crippen LogP contribution in [-0.4, -0.2) is 92.3 Å². The van der Waals surface area contributed by atoms with Crippen molar-refractivity contribution in [2.24, 2.45) is 5.92 Å². The van der Waals surface area contributed by atoms with Gasteiger partial charge in [-0.2, -0.15) is 0 Å². The predicted octanol–water partition coefficient (Wildman–Crippen LogP) is 2.67. The Morgan fingerprint density at radius 3 is 2.15 bits per heavy atom. The molecule has 0 bridgehead atoms. The monoisotopic (exact) mass is 572 g/mol. The molecule has 2 aliphatic heterocycles. The Labute approximate surface area is 243 Å². The van der Waals surface area contributed by atoms with Crippen LogP contribution in [0.5, 0.6) is 0 Å². The zero-order valence-electron chi connectivity index (χ0n) is 25.9. The van der Waals surface area contributed by atoms with Crippen LogP contribution >= 0.6 is 0 Å². The molecule has 0 saturated carbocycles. The summed E-state index contributed by atoms with van der Waals surface area (Å²) in [6, 6.07) is 6.87. The highest BCUT2D eigenvalue weighted by Gasteiger charge is 2.52. The van der Waals surface area contributed by atoms with Gasteiger partial charge in [0.2, 0.25) is 12.3 Å². The van der Waals surface area contributed by atoms with Gasteiger partial charge in [0, 0.05) is 34.9 Å². The number of nitrogens with one attached hydrogen (secondary N) is 2. The van der Waals surface area contributed by atoms with E-state index in [0.29, 0.717) is 18.7 Å². The minimum absolute atomic E-state index is 0.0944. The van der Waals surface area contributed by atoms with Crippen molar-refractivity contribution in [3.8, 4) is 11.3 Å². The maximum atomic E-state index is 13.5. The summed E-state index contributed by atoms with van der Waals surface area (Å²) in [5, 5.41) is 2.66. The number of hydrogen-bond acceptors (Lipinski definition) is 8. The molecule has 2 aliphatic rings. The number of nitrogens with zero attached hydrogens (tertiary/aromatic N) is 2. The number of carbonyl (C=O) groups excluding carboxylic acids is 2. The highest BCUT2D eigenvalue weighted by Crippen LogP contribution is 2.40. The molecule has 41 heavy (non-hydrogen) atoms. The Bertz CT molecular complexity index is 1150. The second-order valence-electron chi connectivity index (χ2n) is 11.8. The zero-order valence-corrected chi connectivity index (χ0v) is 25.9. The van der Waals surface area contributed by atoms with Crippen LogP contribution in [0.4, 0.5) is 0 Å². The van der Waals surface area contributed by atoms with Gasteiger partial charge in [0.25, 0.3) is 0 Å². The fraction of sp³-hybridized carbons (Fsp3) is 0.621. The van der Waals surface area contributed by atoms with Gasteiger partial charge in [0.05, 0.1) is 35.7 Å². The number of likely N-dealkylation sites (tertiary alicyclic amines) is 1. The van der Waals surface area contributed by atoms with E-state index in [1.807, 2.05) is 65.8 Å². The van der Waals surface area contributed by atoms with Crippen LogP contribution in [0.15, 0.2) is 30.5 Å². The van der Waals surface area contributed by atoms with E-state index in [1.54, 1.807) is 39.5 Å². The van der Waals surface area contributed by atoms with E-state index in [1.165, 1.54) is 0 Å². The number of hydrogen-bond donors (Lipinski definition) is 2. The average molecular weight is 573 g/mol. The number of imidazole rings is 1. The zero-order chi connectivity index (χ0) is 30.6. The number of methoxy groups -OCH3 is 3. The topological polar surface area (TPSA) is 124 Å². The Morgan fingerprint density at radius 2 is 1.66 bits per heavy atom. The number of aromatic amines is 1. The smallest absolute Gasteiger partial charge is 0.399 e. The molecule has 1 aromatic heterocycles. The largest absolute Gasteiger partial charge is 0.494 e. The van der Waals surface area contributed by atoms with E-state index in [4.69, 9.17) is 18.8 Å². The van der Waals surface area contributed by atoms with Gasteiger partial charge in [0.1, 0.15) is 11.9 Å². The first-order valence-electron chi connectivity index (χ1n) is 13.8. The van der Waals surface area contributed by atoms with Crippen LogP contribution in [0.1, 0.15) is 59.8 Å². The lowest BCUT2D eigenvalue weighted by atomic mass is 9.79. The Balaban J connectivity index is 0.00000147. The molecule has 0 radical (unpaired) electrons. The summed E-state index contributed by atoms with van der Waals surface area (Å²) < 4.78 is 28.0. The summed E-state index contributed by atoms with van der Waals surface area (Å²) in [6.07, 6.45) is 2.71. The average Bonchev–Trinajstić information content (AvgIpc) is 3.62. The Kier molecular flexibility index (Phi) is 10.4. The van der Waals surface area contributed by atoms with E-state index in [-0.39, 0.29) is 18.4 Å². The Morgan fingerprint density at radius 1 is 1.10 bits per heavy atom. The molecule has 3 heterocycles. The maximum Gasteiger partial charge on any atom is 0.494 e. The minimum atomic E-state index is -0.972. The quantitative estimate of drug-likeness (QED) is 0.267. The highest BCUT2D eigenvalue weighted by molar-refractivity contribution is 6.62. The SMILES string of the molecule is COC.COC1(OC)CC(c2ncc(-c3ccc(B4OC(C)(C)C(C)(C)O4)cc3)[nH]2)N(C(=O)C(NC=O)C(C)C)C1. The summed E-state index contributed by atoms with van der Waals surface area (Å²) in [6.45, 7) is 12.1. The van der Waals surface area contributed by atoms with E-state index in [2.05, 4.69) is 20.0 Å². The molecule has 11 nitrogen and oxygen atoms in total. The van der Waals surface area contributed by atoms with Gasteiger partial charge in [-0.05, 0) is 44.6 Å². The molecule has 12 heteroatoms. The van der Waals surface area contributed by atoms with Crippen LogP contribution in [0.25, 0.3) is 11.3 Å². The Hall–Kier alpha value is -2.77. The lowest BCUT2D eigenvalue weighted by Crippen LogP contribution is -2.50. The number of carbonyl (C=O) groups is 2.